The Kier molecular flexibility index (Phi) is 6.05. The van der Waals surface area contributed by atoms with Gasteiger partial charge in [-0.15, -0.1) is 0 Å². The van der Waals surface area contributed by atoms with Crippen LogP contribution in [-0.4, -0.2) is 55.2 Å². The number of Topliss-reactive ketones (excluding diaryl/α,β-unsaturated/α-hetero) is 1. The van der Waals surface area contributed by atoms with Crippen LogP contribution in [0.1, 0.15) is 24.2 Å². The number of ketones is 1. The largest absolute Gasteiger partial charge is 0.454 e. The van der Waals surface area contributed by atoms with Gasteiger partial charge in [0.05, 0.1) is 11.3 Å². The molecule has 1 aliphatic heterocycles. The van der Waals surface area contributed by atoms with Crippen molar-refractivity contribution in [1.82, 2.24) is 10.6 Å². The molecule has 2 rings (SSSR count). The highest BCUT2D eigenvalue weighted by Crippen LogP contribution is 2.28. The lowest BCUT2D eigenvalue weighted by molar-refractivity contribution is -0.147. The van der Waals surface area contributed by atoms with Crippen LogP contribution in [0.5, 0.6) is 0 Å². The van der Waals surface area contributed by atoms with Crippen molar-refractivity contribution in [3.05, 3.63) is 29.8 Å². The lowest BCUT2D eigenvalue weighted by atomic mass is 10.1. The third kappa shape index (κ3) is 4.24. The number of likely N-dealkylation sites (N-methyl/N-ethyl adjacent to an activating group) is 1. The van der Waals surface area contributed by atoms with Crippen LogP contribution in [0.4, 0.5) is 5.69 Å². The number of carbonyl (C=O) groups excluding carboxylic acids is 5. The number of hydrogen-bond donors (Lipinski definition) is 2. The Balaban J connectivity index is 1.86. The van der Waals surface area contributed by atoms with Crippen LogP contribution >= 0.6 is 0 Å². The van der Waals surface area contributed by atoms with Crippen molar-refractivity contribution in [3.8, 4) is 0 Å². The van der Waals surface area contributed by atoms with E-state index < -0.39 is 42.8 Å². The van der Waals surface area contributed by atoms with E-state index >= 15 is 0 Å². The van der Waals surface area contributed by atoms with Crippen molar-refractivity contribution in [2.24, 2.45) is 0 Å². The highest BCUT2D eigenvalue weighted by Gasteiger charge is 2.36. The smallest absolute Gasteiger partial charge is 0.326 e. The fourth-order valence-corrected chi connectivity index (χ4v) is 2.40. The molecule has 1 aromatic carbocycles. The van der Waals surface area contributed by atoms with Crippen molar-refractivity contribution in [3.63, 3.8) is 0 Å². The summed E-state index contributed by atoms with van der Waals surface area (Å²) in [6.07, 6.45) is 0. The third-order valence-electron chi connectivity index (χ3n) is 3.65. The topological polar surface area (TPSA) is 122 Å². The summed E-state index contributed by atoms with van der Waals surface area (Å²) in [5.41, 5.74) is 0.549. The third-order valence-corrected chi connectivity index (χ3v) is 3.65. The highest BCUT2D eigenvalue weighted by molar-refractivity contribution is 6.52. The molecule has 2 N–H and O–H groups in total. The standard InChI is InChI=1S/C17H19N3O6/c1-3-18-16(24)10(2)19-13(21)9-26-14(22)8-20-12-7-5-4-6-11(12)15(23)17(20)25/h4-7,10H,3,8-9H2,1-2H3,(H,18,24)(H,19,21)/t10-/m0/s1. The van der Waals surface area contributed by atoms with Crippen LogP contribution in [0.2, 0.25) is 0 Å². The van der Waals surface area contributed by atoms with E-state index in [1.807, 2.05) is 0 Å². The summed E-state index contributed by atoms with van der Waals surface area (Å²) in [6, 6.07) is 5.53. The number of hydrogen-bond acceptors (Lipinski definition) is 6. The molecular weight excluding hydrogens is 342 g/mol. The fraction of sp³-hybridized carbons (Fsp3) is 0.353. The van der Waals surface area contributed by atoms with E-state index in [1.54, 1.807) is 25.1 Å². The van der Waals surface area contributed by atoms with Crippen LogP contribution in [0.25, 0.3) is 0 Å². The van der Waals surface area contributed by atoms with Gasteiger partial charge in [0.1, 0.15) is 12.6 Å². The SMILES string of the molecule is CCNC(=O)[C@H](C)NC(=O)COC(=O)CN1C(=O)C(=O)c2ccccc21. The van der Waals surface area contributed by atoms with Gasteiger partial charge in [0.2, 0.25) is 5.91 Å². The fourth-order valence-electron chi connectivity index (χ4n) is 2.40. The number of nitrogens with one attached hydrogen (secondary N) is 2. The first-order valence-electron chi connectivity index (χ1n) is 8.03. The molecule has 0 saturated carbocycles. The number of esters is 1. The minimum absolute atomic E-state index is 0.221. The maximum absolute atomic E-state index is 12.0. The zero-order valence-electron chi connectivity index (χ0n) is 14.4. The molecule has 1 atom stereocenters. The molecule has 0 saturated heterocycles. The van der Waals surface area contributed by atoms with Gasteiger partial charge in [0.15, 0.2) is 6.61 Å². The van der Waals surface area contributed by atoms with Crippen LogP contribution < -0.4 is 15.5 Å². The molecule has 1 aliphatic rings. The number of para-hydroxylation sites is 1. The molecule has 0 aliphatic carbocycles. The molecule has 138 valence electrons. The van der Waals surface area contributed by atoms with Crippen LogP contribution in [0.15, 0.2) is 24.3 Å². The van der Waals surface area contributed by atoms with Crippen molar-refractivity contribution in [2.45, 2.75) is 19.9 Å². The molecule has 0 spiro atoms. The molecule has 3 amide bonds. The Bertz CT molecular complexity index is 761. The predicted octanol–water partition coefficient (Wildman–Crippen LogP) is -0.600. The van der Waals surface area contributed by atoms with Crippen LogP contribution in [-0.2, 0) is 23.9 Å². The minimum Gasteiger partial charge on any atom is -0.454 e. The van der Waals surface area contributed by atoms with Crippen molar-refractivity contribution < 1.29 is 28.7 Å². The number of benzene rings is 1. The first-order valence-corrected chi connectivity index (χ1v) is 8.03. The van der Waals surface area contributed by atoms with E-state index in [-0.39, 0.29) is 11.5 Å². The monoisotopic (exact) mass is 361 g/mol. The van der Waals surface area contributed by atoms with E-state index in [2.05, 4.69) is 10.6 Å². The zero-order valence-corrected chi connectivity index (χ0v) is 14.4. The van der Waals surface area contributed by atoms with E-state index in [0.29, 0.717) is 12.2 Å². The van der Waals surface area contributed by atoms with E-state index in [9.17, 15) is 24.0 Å². The van der Waals surface area contributed by atoms with E-state index in [1.165, 1.54) is 13.0 Å². The van der Waals surface area contributed by atoms with Gasteiger partial charge in [-0.2, -0.15) is 0 Å². The molecule has 1 aromatic rings. The van der Waals surface area contributed by atoms with Crippen LogP contribution in [0.3, 0.4) is 0 Å². The Labute approximate surface area is 149 Å². The Morgan fingerprint density at radius 3 is 2.58 bits per heavy atom. The second-order valence-electron chi connectivity index (χ2n) is 5.58. The first-order chi connectivity index (χ1) is 12.3. The first kappa shape index (κ1) is 19.1. The average Bonchev–Trinajstić information content (AvgIpc) is 2.85. The van der Waals surface area contributed by atoms with Gasteiger partial charge >= 0.3 is 5.97 Å². The van der Waals surface area contributed by atoms with Gasteiger partial charge in [-0.25, -0.2) is 0 Å². The molecule has 0 radical (unpaired) electrons. The minimum atomic E-state index is -0.844. The highest BCUT2D eigenvalue weighted by atomic mass is 16.5. The van der Waals surface area contributed by atoms with Gasteiger partial charge in [0.25, 0.3) is 17.6 Å². The van der Waals surface area contributed by atoms with Gasteiger partial charge in [0, 0.05) is 6.54 Å². The molecule has 9 heteroatoms. The number of ether oxygens (including phenoxy) is 1. The average molecular weight is 361 g/mol. The molecule has 0 aromatic heterocycles. The normalized spacial score (nSPS) is 13.8. The molecule has 9 nitrogen and oxygen atoms in total. The van der Waals surface area contributed by atoms with Gasteiger partial charge in [-0.3, -0.25) is 28.9 Å². The maximum Gasteiger partial charge on any atom is 0.326 e. The van der Waals surface area contributed by atoms with Crippen molar-refractivity contribution in [2.75, 3.05) is 24.6 Å². The summed E-state index contributed by atoms with van der Waals surface area (Å²) in [5.74, 6) is -3.37. The summed E-state index contributed by atoms with van der Waals surface area (Å²) in [5, 5.41) is 4.93. The molecule has 0 fully saturated rings. The summed E-state index contributed by atoms with van der Waals surface area (Å²) in [4.78, 5) is 60.0. The summed E-state index contributed by atoms with van der Waals surface area (Å²) in [6.45, 7) is 2.59. The second kappa shape index (κ2) is 8.24. The van der Waals surface area contributed by atoms with E-state index in [0.717, 1.165) is 4.90 Å². The summed E-state index contributed by atoms with van der Waals surface area (Å²) >= 11 is 0. The summed E-state index contributed by atoms with van der Waals surface area (Å²) < 4.78 is 4.82. The number of fused-ring (bicyclic) bond motifs is 1. The Morgan fingerprint density at radius 2 is 1.88 bits per heavy atom. The lowest BCUT2D eigenvalue weighted by Gasteiger charge is -2.16. The van der Waals surface area contributed by atoms with Gasteiger partial charge < -0.3 is 15.4 Å². The Morgan fingerprint density at radius 1 is 1.19 bits per heavy atom. The molecule has 0 unspecified atom stereocenters. The van der Waals surface area contributed by atoms with Gasteiger partial charge in [-0.05, 0) is 26.0 Å². The van der Waals surface area contributed by atoms with Crippen molar-refractivity contribution >= 4 is 35.2 Å². The Hall–Kier alpha value is -3.23. The lowest BCUT2D eigenvalue weighted by Crippen LogP contribution is -2.46. The quantitative estimate of drug-likeness (QED) is 0.494. The second-order valence-corrected chi connectivity index (χ2v) is 5.58. The van der Waals surface area contributed by atoms with Crippen molar-refractivity contribution in [1.29, 1.82) is 0 Å². The number of rotatable bonds is 7. The van der Waals surface area contributed by atoms with Gasteiger partial charge in [-0.1, -0.05) is 12.1 Å². The molecular formula is C17H19N3O6. The maximum atomic E-state index is 12.0. The number of carbonyl (C=O) groups is 5. The predicted molar refractivity (Wildman–Crippen MR) is 90.4 cm³/mol. The molecule has 1 heterocycles. The number of amides is 3. The number of anilines is 1. The van der Waals surface area contributed by atoms with E-state index in [4.69, 9.17) is 4.74 Å². The zero-order chi connectivity index (χ0) is 19.3. The number of nitrogens with zero attached hydrogens (tertiary/aromatic N) is 1. The molecule has 26 heavy (non-hydrogen) atoms. The molecule has 0 bridgehead atoms. The summed E-state index contributed by atoms with van der Waals surface area (Å²) in [7, 11) is 0. The van der Waals surface area contributed by atoms with Crippen LogP contribution in [0, 0.1) is 0 Å².